The van der Waals surface area contributed by atoms with E-state index in [0.717, 1.165) is 39.2 Å². The second kappa shape index (κ2) is 9.03. The predicted molar refractivity (Wildman–Crippen MR) is 118 cm³/mol. The molecule has 6 heteroatoms. The molecule has 4 rings (SSSR count). The summed E-state index contributed by atoms with van der Waals surface area (Å²) in [5, 5.41) is 7.01. The van der Waals surface area contributed by atoms with E-state index in [0.29, 0.717) is 0 Å². The molecule has 0 aliphatic rings. The number of nitrogens with zero attached hydrogens (tertiary/aromatic N) is 2. The van der Waals surface area contributed by atoms with E-state index < -0.39 is 0 Å². The summed E-state index contributed by atoms with van der Waals surface area (Å²) in [6.45, 7) is 0. The van der Waals surface area contributed by atoms with Gasteiger partial charge in [0.25, 0.3) is 0 Å². The van der Waals surface area contributed by atoms with Gasteiger partial charge in [-0.3, -0.25) is 5.43 Å². The van der Waals surface area contributed by atoms with Crippen LogP contribution in [0.5, 0.6) is 17.2 Å². The van der Waals surface area contributed by atoms with Crippen LogP contribution in [0.3, 0.4) is 0 Å². The molecule has 0 spiro atoms. The Morgan fingerprint density at radius 1 is 0.897 bits per heavy atom. The van der Waals surface area contributed by atoms with Gasteiger partial charge in [-0.05, 0) is 54.1 Å². The monoisotopic (exact) mass is 401 g/mol. The van der Waals surface area contributed by atoms with Gasteiger partial charge >= 0.3 is 0 Å². The minimum atomic E-state index is 0.726. The minimum absolute atomic E-state index is 0.726. The molecular formula is C23H19N3O2S. The number of benzene rings is 3. The third-order valence-corrected chi connectivity index (χ3v) is 4.85. The molecule has 144 valence electrons. The molecule has 0 bridgehead atoms. The molecule has 1 heterocycles. The standard InChI is InChI=1S/C23H19N3O2S/c1-27-19-12-10-18(11-13-19)22-16-29-23(25-22)26-24-15-17-6-5-9-21(14-17)28-20-7-3-2-4-8-20/h2-16H,1H3,(H,25,26). The molecule has 1 aromatic heterocycles. The van der Waals surface area contributed by atoms with E-state index in [9.17, 15) is 0 Å². The molecule has 0 unspecified atom stereocenters. The highest BCUT2D eigenvalue weighted by Gasteiger charge is 2.04. The molecule has 3 aromatic carbocycles. The molecule has 0 aliphatic carbocycles. The highest BCUT2D eigenvalue weighted by Crippen LogP contribution is 2.26. The highest BCUT2D eigenvalue weighted by atomic mass is 32.1. The normalized spacial score (nSPS) is 10.8. The minimum Gasteiger partial charge on any atom is -0.497 e. The van der Waals surface area contributed by atoms with Crippen LogP contribution in [-0.2, 0) is 0 Å². The van der Waals surface area contributed by atoms with E-state index in [1.807, 2.05) is 84.2 Å². The Morgan fingerprint density at radius 3 is 2.48 bits per heavy atom. The van der Waals surface area contributed by atoms with Crippen LogP contribution in [0.2, 0.25) is 0 Å². The number of rotatable bonds is 7. The molecule has 0 radical (unpaired) electrons. The third-order valence-electron chi connectivity index (χ3n) is 4.10. The van der Waals surface area contributed by atoms with Crippen LogP contribution >= 0.6 is 11.3 Å². The van der Waals surface area contributed by atoms with Crippen LogP contribution in [-0.4, -0.2) is 18.3 Å². The fourth-order valence-electron chi connectivity index (χ4n) is 2.66. The number of methoxy groups -OCH3 is 1. The van der Waals surface area contributed by atoms with E-state index in [-0.39, 0.29) is 0 Å². The second-order valence-electron chi connectivity index (χ2n) is 6.12. The Hall–Kier alpha value is -3.64. The second-order valence-corrected chi connectivity index (χ2v) is 6.98. The fraction of sp³-hybridized carbons (Fsp3) is 0.0435. The molecular weight excluding hydrogens is 382 g/mol. The number of anilines is 1. The summed E-state index contributed by atoms with van der Waals surface area (Å²) in [6.07, 6.45) is 1.74. The molecule has 0 saturated carbocycles. The quantitative estimate of drug-likeness (QED) is 0.302. The van der Waals surface area contributed by atoms with Crippen LogP contribution in [0, 0.1) is 0 Å². The SMILES string of the molecule is COc1ccc(-c2csc(NN=Cc3cccc(Oc4ccccc4)c3)n2)cc1. The maximum Gasteiger partial charge on any atom is 0.203 e. The first kappa shape index (κ1) is 18.7. The zero-order chi connectivity index (χ0) is 19.9. The molecule has 0 saturated heterocycles. The van der Waals surface area contributed by atoms with E-state index >= 15 is 0 Å². The summed E-state index contributed by atoms with van der Waals surface area (Å²) in [4.78, 5) is 4.57. The average Bonchev–Trinajstić information content (AvgIpc) is 3.24. The summed E-state index contributed by atoms with van der Waals surface area (Å²) in [7, 11) is 1.65. The first-order valence-corrected chi connectivity index (χ1v) is 9.90. The lowest BCUT2D eigenvalue weighted by atomic mass is 10.2. The van der Waals surface area contributed by atoms with Gasteiger partial charge in [0.15, 0.2) is 0 Å². The Balaban J connectivity index is 1.39. The number of hydrazone groups is 1. The Morgan fingerprint density at radius 2 is 1.69 bits per heavy atom. The molecule has 1 N–H and O–H groups in total. The van der Waals surface area contributed by atoms with Gasteiger partial charge in [-0.2, -0.15) is 5.10 Å². The number of hydrogen-bond acceptors (Lipinski definition) is 6. The third kappa shape index (κ3) is 5.00. The van der Waals surface area contributed by atoms with Gasteiger partial charge in [-0.15, -0.1) is 11.3 Å². The predicted octanol–water partition coefficient (Wildman–Crippen LogP) is 6.06. The van der Waals surface area contributed by atoms with Gasteiger partial charge in [0.2, 0.25) is 5.13 Å². The van der Waals surface area contributed by atoms with Crippen LogP contribution in [0.4, 0.5) is 5.13 Å². The van der Waals surface area contributed by atoms with E-state index in [1.54, 1.807) is 13.3 Å². The topological polar surface area (TPSA) is 55.7 Å². The van der Waals surface area contributed by atoms with Crippen molar-refractivity contribution in [3.05, 3.63) is 89.8 Å². The van der Waals surface area contributed by atoms with Gasteiger partial charge in [-0.25, -0.2) is 4.98 Å². The van der Waals surface area contributed by atoms with Crippen molar-refractivity contribution in [2.24, 2.45) is 5.10 Å². The van der Waals surface area contributed by atoms with Crippen molar-refractivity contribution in [2.45, 2.75) is 0 Å². The Bertz CT molecular complexity index is 1090. The van der Waals surface area contributed by atoms with Crippen molar-refractivity contribution in [1.82, 2.24) is 4.98 Å². The van der Waals surface area contributed by atoms with Crippen molar-refractivity contribution in [3.8, 4) is 28.5 Å². The summed E-state index contributed by atoms with van der Waals surface area (Å²) < 4.78 is 11.0. The number of aromatic nitrogens is 1. The van der Waals surface area contributed by atoms with Crippen molar-refractivity contribution >= 4 is 22.7 Å². The molecule has 4 aromatic rings. The van der Waals surface area contributed by atoms with Crippen LogP contribution in [0.1, 0.15) is 5.56 Å². The number of thiazole rings is 1. The molecule has 29 heavy (non-hydrogen) atoms. The smallest absolute Gasteiger partial charge is 0.203 e. The maximum atomic E-state index is 5.85. The number of nitrogens with one attached hydrogen (secondary N) is 1. The summed E-state index contributed by atoms with van der Waals surface area (Å²) in [5.74, 6) is 2.38. The lowest BCUT2D eigenvalue weighted by molar-refractivity contribution is 0.415. The van der Waals surface area contributed by atoms with Gasteiger partial charge in [0, 0.05) is 10.9 Å². The first-order valence-electron chi connectivity index (χ1n) is 9.02. The lowest BCUT2D eigenvalue weighted by Crippen LogP contribution is -1.91. The Kier molecular flexibility index (Phi) is 5.83. The van der Waals surface area contributed by atoms with Gasteiger partial charge in [0.1, 0.15) is 17.2 Å². The summed E-state index contributed by atoms with van der Waals surface area (Å²) >= 11 is 1.50. The fourth-order valence-corrected chi connectivity index (χ4v) is 3.33. The lowest BCUT2D eigenvalue weighted by Gasteiger charge is -2.05. The van der Waals surface area contributed by atoms with Crippen molar-refractivity contribution in [1.29, 1.82) is 0 Å². The van der Waals surface area contributed by atoms with E-state index in [4.69, 9.17) is 9.47 Å². The number of hydrogen-bond donors (Lipinski definition) is 1. The van der Waals surface area contributed by atoms with Crippen LogP contribution in [0.25, 0.3) is 11.3 Å². The zero-order valence-corrected chi connectivity index (χ0v) is 16.6. The summed E-state index contributed by atoms with van der Waals surface area (Å²) in [6, 6.07) is 25.3. The Labute approximate surface area is 173 Å². The molecule has 5 nitrogen and oxygen atoms in total. The van der Waals surface area contributed by atoms with Crippen LogP contribution < -0.4 is 14.9 Å². The molecule has 0 amide bonds. The van der Waals surface area contributed by atoms with Gasteiger partial charge < -0.3 is 9.47 Å². The molecule has 0 fully saturated rings. The van der Waals surface area contributed by atoms with Crippen molar-refractivity contribution in [3.63, 3.8) is 0 Å². The zero-order valence-electron chi connectivity index (χ0n) is 15.8. The van der Waals surface area contributed by atoms with E-state index in [2.05, 4.69) is 15.5 Å². The number of ether oxygens (including phenoxy) is 2. The van der Waals surface area contributed by atoms with Crippen molar-refractivity contribution < 1.29 is 9.47 Å². The van der Waals surface area contributed by atoms with Gasteiger partial charge in [0.05, 0.1) is 19.0 Å². The largest absolute Gasteiger partial charge is 0.497 e. The van der Waals surface area contributed by atoms with Crippen molar-refractivity contribution in [2.75, 3.05) is 12.5 Å². The summed E-state index contributed by atoms with van der Waals surface area (Å²) in [5.41, 5.74) is 5.84. The average molecular weight is 401 g/mol. The maximum absolute atomic E-state index is 5.85. The molecule has 0 atom stereocenters. The molecule has 0 aliphatic heterocycles. The number of para-hydroxylation sites is 1. The van der Waals surface area contributed by atoms with Crippen LogP contribution in [0.15, 0.2) is 89.3 Å². The van der Waals surface area contributed by atoms with Gasteiger partial charge in [-0.1, -0.05) is 30.3 Å². The first-order chi connectivity index (χ1) is 14.3. The highest BCUT2D eigenvalue weighted by molar-refractivity contribution is 7.14. The van der Waals surface area contributed by atoms with E-state index in [1.165, 1.54) is 11.3 Å².